The van der Waals surface area contributed by atoms with Gasteiger partial charge in [-0.2, -0.15) is 5.10 Å². The molecule has 30 heavy (non-hydrogen) atoms. The molecular formula is C23H21BrN4O2. The summed E-state index contributed by atoms with van der Waals surface area (Å²) in [6.45, 7) is 2.97. The van der Waals surface area contributed by atoms with E-state index in [1.807, 2.05) is 68.7 Å². The molecule has 0 atom stereocenters. The second kappa shape index (κ2) is 8.67. The van der Waals surface area contributed by atoms with Gasteiger partial charge in [0, 0.05) is 40.8 Å². The first-order chi connectivity index (χ1) is 14.5. The Bertz CT molecular complexity index is 1200. The fraction of sp³-hybridized carbons (Fsp3) is 0.174. The van der Waals surface area contributed by atoms with Crippen molar-refractivity contribution in [2.75, 3.05) is 6.61 Å². The number of carbonyl (C=O) groups excluding carboxylic acids is 1. The van der Waals surface area contributed by atoms with E-state index in [-0.39, 0.29) is 5.91 Å². The number of aromatic nitrogens is 3. The highest BCUT2D eigenvalue weighted by atomic mass is 79.9. The zero-order valence-electron chi connectivity index (χ0n) is 16.7. The van der Waals surface area contributed by atoms with E-state index in [9.17, 15) is 4.79 Å². The molecule has 4 rings (SSSR count). The van der Waals surface area contributed by atoms with Crippen LogP contribution < -0.4 is 10.1 Å². The van der Waals surface area contributed by atoms with Gasteiger partial charge >= 0.3 is 0 Å². The van der Waals surface area contributed by atoms with Crippen LogP contribution in [0.4, 0.5) is 0 Å². The van der Waals surface area contributed by atoms with E-state index < -0.39 is 0 Å². The molecule has 0 unspecified atom stereocenters. The molecule has 0 aliphatic heterocycles. The molecule has 0 bridgehead atoms. The van der Waals surface area contributed by atoms with Crippen LogP contribution in [-0.4, -0.2) is 27.3 Å². The summed E-state index contributed by atoms with van der Waals surface area (Å²) < 4.78 is 8.13. The number of pyridine rings is 1. The number of amides is 1. The van der Waals surface area contributed by atoms with Crippen LogP contribution in [0, 0.1) is 0 Å². The number of aryl methyl sites for hydroxylation is 1. The summed E-state index contributed by atoms with van der Waals surface area (Å²) in [6, 6.07) is 15.3. The molecule has 4 aromatic rings. The first-order valence-electron chi connectivity index (χ1n) is 9.63. The van der Waals surface area contributed by atoms with E-state index in [4.69, 9.17) is 9.72 Å². The van der Waals surface area contributed by atoms with Gasteiger partial charge in [0.2, 0.25) is 0 Å². The normalized spacial score (nSPS) is 10.9. The molecule has 1 N–H and O–H groups in total. The molecule has 2 aromatic carbocycles. The summed E-state index contributed by atoms with van der Waals surface area (Å²) in [5, 5.41) is 7.93. The SMILES string of the molecule is CCOc1ccc(-c2cc(C(=O)NCc3cnn(C)c3)c3cc(Br)ccc3n2)cc1. The van der Waals surface area contributed by atoms with Crippen LogP contribution >= 0.6 is 15.9 Å². The number of hydrogen-bond donors (Lipinski definition) is 1. The summed E-state index contributed by atoms with van der Waals surface area (Å²) in [7, 11) is 1.85. The van der Waals surface area contributed by atoms with Crippen LogP contribution in [-0.2, 0) is 13.6 Å². The summed E-state index contributed by atoms with van der Waals surface area (Å²) in [5.74, 6) is 0.650. The molecular weight excluding hydrogens is 444 g/mol. The number of ether oxygens (including phenoxy) is 1. The topological polar surface area (TPSA) is 69.0 Å². The van der Waals surface area contributed by atoms with Crippen molar-refractivity contribution in [3.8, 4) is 17.0 Å². The summed E-state index contributed by atoms with van der Waals surface area (Å²) in [6.07, 6.45) is 3.62. The van der Waals surface area contributed by atoms with Crippen LogP contribution in [0.25, 0.3) is 22.2 Å². The minimum Gasteiger partial charge on any atom is -0.494 e. The number of hydrogen-bond acceptors (Lipinski definition) is 4. The molecule has 7 heteroatoms. The van der Waals surface area contributed by atoms with E-state index in [0.717, 1.165) is 37.9 Å². The lowest BCUT2D eigenvalue weighted by molar-refractivity contribution is 0.0952. The Morgan fingerprint density at radius 2 is 1.97 bits per heavy atom. The summed E-state index contributed by atoms with van der Waals surface area (Å²) in [5.41, 5.74) is 3.94. The van der Waals surface area contributed by atoms with Crippen molar-refractivity contribution in [2.24, 2.45) is 7.05 Å². The van der Waals surface area contributed by atoms with Gasteiger partial charge in [0.25, 0.3) is 5.91 Å². The monoisotopic (exact) mass is 464 g/mol. The summed E-state index contributed by atoms with van der Waals surface area (Å²) >= 11 is 3.50. The molecule has 0 aliphatic rings. The average molecular weight is 465 g/mol. The number of nitrogens with zero attached hydrogens (tertiary/aromatic N) is 3. The largest absolute Gasteiger partial charge is 0.494 e. The Balaban J connectivity index is 1.70. The van der Waals surface area contributed by atoms with Crippen molar-refractivity contribution in [3.05, 3.63) is 76.5 Å². The van der Waals surface area contributed by atoms with Crippen LogP contribution in [0.5, 0.6) is 5.75 Å². The van der Waals surface area contributed by atoms with Crippen LogP contribution in [0.1, 0.15) is 22.8 Å². The third kappa shape index (κ3) is 4.36. The van der Waals surface area contributed by atoms with Gasteiger partial charge in [0.15, 0.2) is 0 Å². The Labute approximate surface area is 183 Å². The molecule has 0 radical (unpaired) electrons. The van der Waals surface area contributed by atoms with Gasteiger partial charge in [0.1, 0.15) is 5.75 Å². The van der Waals surface area contributed by atoms with E-state index >= 15 is 0 Å². The first kappa shape index (κ1) is 20.1. The third-order valence-electron chi connectivity index (χ3n) is 4.69. The molecule has 6 nitrogen and oxygen atoms in total. The third-order valence-corrected chi connectivity index (χ3v) is 5.18. The van der Waals surface area contributed by atoms with E-state index in [2.05, 4.69) is 26.3 Å². The van der Waals surface area contributed by atoms with Gasteiger partial charge in [0.05, 0.1) is 29.6 Å². The highest BCUT2D eigenvalue weighted by Gasteiger charge is 2.15. The molecule has 2 aromatic heterocycles. The van der Waals surface area contributed by atoms with E-state index in [1.54, 1.807) is 10.9 Å². The molecule has 0 saturated heterocycles. The van der Waals surface area contributed by atoms with E-state index in [1.165, 1.54) is 0 Å². The van der Waals surface area contributed by atoms with Crippen molar-refractivity contribution < 1.29 is 9.53 Å². The first-order valence-corrected chi connectivity index (χ1v) is 10.4. The number of benzene rings is 2. The number of carbonyl (C=O) groups is 1. The van der Waals surface area contributed by atoms with Crippen molar-refractivity contribution in [3.63, 3.8) is 0 Å². The van der Waals surface area contributed by atoms with Gasteiger partial charge in [-0.3, -0.25) is 9.48 Å². The maximum atomic E-state index is 13.1. The van der Waals surface area contributed by atoms with Crippen LogP contribution in [0.3, 0.4) is 0 Å². The Hall–Kier alpha value is -3.19. The van der Waals surface area contributed by atoms with Crippen LogP contribution in [0.2, 0.25) is 0 Å². The Morgan fingerprint density at radius 1 is 1.17 bits per heavy atom. The number of nitrogens with one attached hydrogen (secondary N) is 1. The van der Waals surface area contributed by atoms with Gasteiger partial charge in [-0.15, -0.1) is 0 Å². The standard InChI is InChI=1S/C23H21BrN4O2/c1-3-30-18-7-4-16(5-8-18)22-11-20(19-10-17(24)6-9-21(19)27-22)23(29)25-12-15-13-26-28(2)14-15/h4-11,13-14H,3,12H2,1-2H3,(H,25,29). The molecule has 152 valence electrons. The highest BCUT2D eigenvalue weighted by molar-refractivity contribution is 9.10. The highest BCUT2D eigenvalue weighted by Crippen LogP contribution is 2.28. The molecule has 0 saturated carbocycles. The zero-order valence-corrected chi connectivity index (χ0v) is 18.3. The second-order valence-corrected chi connectivity index (χ2v) is 7.79. The molecule has 2 heterocycles. The van der Waals surface area contributed by atoms with Crippen molar-refractivity contribution in [2.45, 2.75) is 13.5 Å². The van der Waals surface area contributed by atoms with Crippen LogP contribution in [0.15, 0.2) is 65.4 Å². The van der Waals surface area contributed by atoms with Gasteiger partial charge in [-0.25, -0.2) is 4.98 Å². The number of halogens is 1. The fourth-order valence-electron chi connectivity index (χ4n) is 3.26. The fourth-order valence-corrected chi connectivity index (χ4v) is 3.62. The molecule has 0 aliphatic carbocycles. The van der Waals surface area contributed by atoms with Crippen molar-refractivity contribution in [1.82, 2.24) is 20.1 Å². The number of fused-ring (bicyclic) bond motifs is 1. The maximum Gasteiger partial charge on any atom is 0.252 e. The zero-order chi connectivity index (χ0) is 21.1. The van der Waals surface area contributed by atoms with E-state index in [0.29, 0.717) is 18.7 Å². The lowest BCUT2D eigenvalue weighted by Crippen LogP contribution is -2.23. The quantitative estimate of drug-likeness (QED) is 0.447. The Kier molecular flexibility index (Phi) is 5.81. The van der Waals surface area contributed by atoms with Gasteiger partial charge in [-0.05, 0) is 55.5 Å². The summed E-state index contributed by atoms with van der Waals surface area (Å²) in [4.78, 5) is 17.8. The van der Waals surface area contributed by atoms with Crippen molar-refractivity contribution in [1.29, 1.82) is 0 Å². The average Bonchev–Trinajstić information content (AvgIpc) is 3.17. The lowest BCUT2D eigenvalue weighted by atomic mass is 10.0. The molecule has 0 fully saturated rings. The van der Waals surface area contributed by atoms with Crippen molar-refractivity contribution >= 4 is 32.7 Å². The second-order valence-electron chi connectivity index (χ2n) is 6.88. The lowest BCUT2D eigenvalue weighted by Gasteiger charge is -2.11. The van der Waals surface area contributed by atoms with Gasteiger partial charge < -0.3 is 10.1 Å². The minimum atomic E-state index is -0.156. The number of rotatable bonds is 6. The maximum absolute atomic E-state index is 13.1. The Morgan fingerprint density at radius 3 is 2.67 bits per heavy atom. The molecule has 1 amide bonds. The smallest absolute Gasteiger partial charge is 0.252 e. The predicted molar refractivity (Wildman–Crippen MR) is 120 cm³/mol. The minimum absolute atomic E-state index is 0.156. The van der Waals surface area contributed by atoms with Gasteiger partial charge in [-0.1, -0.05) is 15.9 Å². The predicted octanol–water partition coefficient (Wildman–Crippen LogP) is 4.73. The molecule has 0 spiro atoms.